The van der Waals surface area contributed by atoms with E-state index in [1.54, 1.807) is 18.5 Å². The molecule has 0 radical (unpaired) electrons. The van der Waals surface area contributed by atoms with Gasteiger partial charge in [-0.3, -0.25) is 4.90 Å². The highest BCUT2D eigenvalue weighted by atomic mass is 19.1. The fourth-order valence-electron chi connectivity index (χ4n) is 5.29. The molecule has 2 aliphatic rings. The Hall–Kier alpha value is -3.98. The Bertz CT molecular complexity index is 1550. The molecule has 0 aliphatic carbocycles. The van der Waals surface area contributed by atoms with Crippen LogP contribution in [0.2, 0.25) is 0 Å². The van der Waals surface area contributed by atoms with E-state index in [0.717, 1.165) is 36.4 Å². The molecule has 8 nitrogen and oxygen atoms in total. The third kappa shape index (κ3) is 4.26. The van der Waals surface area contributed by atoms with E-state index < -0.39 is 5.82 Å². The van der Waals surface area contributed by atoms with E-state index in [2.05, 4.69) is 57.5 Å². The fraction of sp³-hybridized carbons (Fsp3) is 0.345. The first-order chi connectivity index (χ1) is 18.3. The first kappa shape index (κ1) is 24.4. The highest BCUT2D eigenvalue weighted by Gasteiger charge is 2.24. The van der Waals surface area contributed by atoms with Crippen molar-refractivity contribution in [3.63, 3.8) is 0 Å². The molecule has 2 aliphatic heterocycles. The van der Waals surface area contributed by atoms with Crippen LogP contribution < -0.4 is 21.1 Å². The summed E-state index contributed by atoms with van der Waals surface area (Å²) in [5.41, 5.74) is 13.0. The summed E-state index contributed by atoms with van der Waals surface area (Å²) in [4.78, 5) is 16.0. The Kier molecular flexibility index (Phi) is 6.03. The van der Waals surface area contributed by atoms with Gasteiger partial charge in [0.25, 0.3) is 0 Å². The number of nitrogens with zero attached hydrogens (tertiary/aromatic N) is 4. The molecule has 2 aromatic carbocycles. The van der Waals surface area contributed by atoms with Crippen LogP contribution in [0.5, 0.6) is 5.88 Å². The zero-order valence-electron chi connectivity index (χ0n) is 22.1. The van der Waals surface area contributed by atoms with Gasteiger partial charge in [-0.05, 0) is 69.0 Å². The van der Waals surface area contributed by atoms with Crippen LogP contribution in [0.15, 0.2) is 36.7 Å². The average Bonchev–Trinajstić information content (AvgIpc) is 2.90. The Balaban J connectivity index is 1.35. The molecule has 0 spiro atoms. The zero-order chi connectivity index (χ0) is 26.6. The monoisotopic (exact) mass is 513 g/mol. The number of nitrogen functional groups attached to an aromatic ring is 1. The van der Waals surface area contributed by atoms with Crippen molar-refractivity contribution in [3.05, 3.63) is 59.2 Å². The van der Waals surface area contributed by atoms with E-state index in [4.69, 9.17) is 15.5 Å². The lowest BCUT2D eigenvalue weighted by Gasteiger charge is -2.32. The molecular formula is C29H32FN7O. The Morgan fingerprint density at radius 3 is 2.82 bits per heavy atom. The molecule has 1 unspecified atom stereocenters. The molecule has 0 amide bonds. The van der Waals surface area contributed by atoms with Crippen LogP contribution in [0.3, 0.4) is 0 Å². The number of rotatable bonds is 4. The molecule has 0 bridgehead atoms. The molecular weight excluding hydrogens is 481 g/mol. The SMILES string of the molecule is Cc1c(-c2cc3nc(Nc4ccc5c(c4)CN(C(C)C)CC5)ncc3c(N)c2F)cnc2c1NCC(C)O2. The van der Waals surface area contributed by atoms with Crippen LogP contribution >= 0.6 is 0 Å². The molecule has 4 aromatic rings. The molecule has 2 aromatic heterocycles. The number of hydrogen-bond acceptors (Lipinski definition) is 8. The minimum atomic E-state index is -0.513. The van der Waals surface area contributed by atoms with Crippen molar-refractivity contribution in [1.29, 1.82) is 0 Å². The number of nitrogens with two attached hydrogens (primary N) is 1. The maximum atomic E-state index is 15.5. The van der Waals surface area contributed by atoms with Gasteiger partial charge in [0.1, 0.15) is 11.8 Å². The number of pyridine rings is 1. The molecule has 38 heavy (non-hydrogen) atoms. The number of nitrogens with one attached hydrogen (secondary N) is 2. The first-order valence-electron chi connectivity index (χ1n) is 13.1. The van der Waals surface area contributed by atoms with Gasteiger partial charge in [-0.25, -0.2) is 19.3 Å². The maximum Gasteiger partial charge on any atom is 0.238 e. The molecule has 4 heterocycles. The number of ether oxygens (including phenoxy) is 1. The van der Waals surface area contributed by atoms with Crippen LogP contribution in [0.25, 0.3) is 22.0 Å². The molecule has 6 rings (SSSR count). The topological polar surface area (TPSA) is 101 Å². The van der Waals surface area contributed by atoms with Crippen molar-refractivity contribution in [2.75, 3.05) is 29.5 Å². The highest BCUT2D eigenvalue weighted by molar-refractivity contribution is 5.96. The predicted molar refractivity (Wildman–Crippen MR) is 149 cm³/mol. The Labute approximate surface area is 221 Å². The Morgan fingerprint density at radius 2 is 2.00 bits per heavy atom. The summed E-state index contributed by atoms with van der Waals surface area (Å²) in [6, 6.07) is 8.61. The first-order valence-corrected chi connectivity index (χ1v) is 13.1. The second kappa shape index (κ2) is 9.40. The van der Waals surface area contributed by atoms with Gasteiger partial charge < -0.3 is 21.1 Å². The number of aromatic nitrogens is 3. The van der Waals surface area contributed by atoms with Gasteiger partial charge in [0.05, 0.1) is 17.7 Å². The smallest absolute Gasteiger partial charge is 0.238 e. The van der Waals surface area contributed by atoms with Crippen molar-refractivity contribution < 1.29 is 9.13 Å². The lowest BCUT2D eigenvalue weighted by Crippen LogP contribution is -2.35. The van der Waals surface area contributed by atoms with Gasteiger partial charge in [0.15, 0.2) is 5.82 Å². The predicted octanol–water partition coefficient (Wildman–Crippen LogP) is 5.42. The molecule has 9 heteroatoms. The van der Waals surface area contributed by atoms with E-state index in [0.29, 0.717) is 46.4 Å². The van der Waals surface area contributed by atoms with E-state index in [-0.39, 0.29) is 11.8 Å². The normalized spacial score (nSPS) is 17.1. The van der Waals surface area contributed by atoms with Crippen LogP contribution in [-0.4, -0.2) is 45.1 Å². The van der Waals surface area contributed by atoms with Crippen LogP contribution in [-0.2, 0) is 13.0 Å². The summed E-state index contributed by atoms with van der Waals surface area (Å²) in [6.07, 6.45) is 4.26. The van der Waals surface area contributed by atoms with Gasteiger partial charge >= 0.3 is 0 Å². The van der Waals surface area contributed by atoms with Crippen LogP contribution in [0.4, 0.5) is 27.4 Å². The Morgan fingerprint density at radius 1 is 1.16 bits per heavy atom. The van der Waals surface area contributed by atoms with Gasteiger partial charge in [-0.1, -0.05) is 6.07 Å². The fourth-order valence-corrected chi connectivity index (χ4v) is 5.29. The number of halogens is 1. The summed E-state index contributed by atoms with van der Waals surface area (Å²) >= 11 is 0. The van der Waals surface area contributed by atoms with E-state index in [9.17, 15) is 0 Å². The van der Waals surface area contributed by atoms with Crippen molar-refractivity contribution in [3.8, 4) is 17.0 Å². The van der Waals surface area contributed by atoms with Crippen molar-refractivity contribution >= 4 is 33.9 Å². The number of benzene rings is 2. The second-order valence-corrected chi connectivity index (χ2v) is 10.5. The summed E-state index contributed by atoms with van der Waals surface area (Å²) in [6.45, 7) is 11.0. The lowest BCUT2D eigenvalue weighted by atomic mass is 9.98. The quantitative estimate of drug-likeness (QED) is 0.311. The summed E-state index contributed by atoms with van der Waals surface area (Å²) < 4.78 is 21.3. The van der Waals surface area contributed by atoms with Gasteiger partial charge in [0.2, 0.25) is 11.8 Å². The number of anilines is 4. The van der Waals surface area contributed by atoms with E-state index in [1.807, 2.05) is 13.8 Å². The summed E-state index contributed by atoms with van der Waals surface area (Å²) in [7, 11) is 0. The van der Waals surface area contributed by atoms with Gasteiger partial charge in [0, 0.05) is 53.7 Å². The van der Waals surface area contributed by atoms with Gasteiger partial charge in [-0.15, -0.1) is 0 Å². The minimum absolute atomic E-state index is 0.0141. The molecule has 196 valence electrons. The number of fused-ring (bicyclic) bond motifs is 3. The molecule has 0 saturated heterocycles. The lowest BCUT2D eigenvalue weighted by molar-refractivity contribution is 0.203. The zero-order valence-corrected chi connectivity index (χ0v) is 22.1. The maximum absolute atomic E-state index is 15.5. The van der Waals surface area contributed by atoms with Gasteiger partial charge in [-0.2, -0.15) is 0 Å². The van der Waals surface area contributed by atoms with Crippen molar-refractivity contribution in [2.45, 2.75) is 52.8 Å². The second-order valence-electron chi connectivity index (χ2n) is 10.5. The summed E-state index contributed by atoms with van der Waals surface area (Å²) in [5.74, 6) is 0.436. The minimum Gasteiger partial charge on any atom is -0.471 e. The standard InChI is InChI=1S/C29H32FN7O/c1-15(2)37-8-7-18-5-6-20(9-19(18)14-37)35-29-34-13-23-24(36-29)10-21(25(30)26(23)31)22-12-33-28-27(17(22)4)32-11-16(3)38-28/h5-6,9-10,12-13,15-16,32H,7-8,11,14,31H2,1-4H3,(H,34,35,36). The van der Waals surface area contributed by atoms with E-state index in [1.165, 1.54) is 11.1 Å². The highest BCUT2D eigenvalue weighted by Crippen LogP contribution is 2.39. The molecule has 4 N–H and O–H groups in total. The van der Waals surface area contributed by atoms with Crippen molar-refractivity contribution in [2.24, 2.45) is 0 Å². The molecule has 0 fully saturated rings. The third-order valence-corrected chi connectivity index (χ3v) is 7.57. The summed E-state index contributed by atoms with van der Waals surface area (Å²) in [5, 5.41) is 7.14. The third-order valence-electron chi connectivity index (χ3n) is 7.57. The van der Waals surface area contributed by atoms with Crippen LogP contribution in [0.1, 0.15) is 37.5 Å². The van der Waals surface area contributed by atoms with Crippen molar-refractivity contribution in [1.82, 2.24) is 19.9 Å². The number of hydrogen-bond donors (Lipinski definition) is 3. The largest absolute Gasteiger partial charge is 0.471 e. The molecule has 1 atom stereocenters. The average molecular weight is 514 g/mol. The molecule has 0 saturated carbocycles. The van der Waals surface area contributed by atoms with Crippen LogP contribution in [0, 0.1) is 12.7 Å². The van der Waals surface area contributed by atoms with E-state index >= 15 is 4.39 Å².